The van der Waals surface area contributed by atoms with E-state index in [0.717, 1.165) is 0 Å². The highest BCUT2D eigenvalue weighted by atomic mass is 32.1. The van der Waals surface area contributed by atoms with Gasteiger partial charge in [-0.25, -0.2) is 0 Å². The average molecular weight is 239 g/mol. The number of hydrogen-bond donors (Lipinski definition) is 2. The number of amides is 1. The molecule has 1 aromatic carbocycles. The van der Waals surface area contributed by atoms with Crippen molar-refractivity contribution in [3.05, 3.63) is 34.4 Å². The van der Waals surface area contributed by atoms with Gasteiger partial charge >= 0.3 is 0 Å². The van der Waals surface area contributed by atoms with E-state index < -0.39 is 10.8 Å². The smallest absolute Gasteiger partial charge is 0.271 e. The summed E-state index contributed by atoms with van der Waals surface area (Å²) in [5, 5.41) is 12.9. The van der Waals surface area contributed by atoms with Crippen LogP contribution < -0.4 is 11.1 Å². The van der Waals surface area contributed by atoms with Crippen molar-refractivity contribution < 1.29 is 9.72 Å². The fourth-order valence-electron chi connectivity index (χ4n) is 1.06. The molecular formula is C9H9N3O3S. The van der Waals surface area contributed by atoms with Crippen LogP contribution in [-0.4, -0.2) is 15.8 Å². The van der Waals surface area contributed by atoms with Crippen molar-refractivity contribution in [3.8, 4) is 0 Å². The van der Waals surface area contributed by atoms with Crippen molar-refractivity contribution in [3.63, 3.8) is 0 Å². The van der Waals surface area contributed by atoms with Gasteiger partial charge in [0, 0.05) is 17.8 Å². The summed E-state index contributed by atoms with van der Waals surface area (Å²) in [4.78, 5) is 21.3. The summed E-state index contributed by atoms with van der Waals surface area (Å²) in [5.41, 5.74) is 5.44. The van der Waals surface area contributed by atoms with E-state index in [0.29, 0.717) is 5.69 Å². The first-order valence-corrected chi connectivity index (χ1v) is 4.72. The zero-order valence-corrected chi connectivity index (χ0v) is 8.99. The second-order valence-electron chi connectivity index (χ2n) is 3.00. The van der Waals surface area contributed by atoms with Crippen molar-refractivity contribution in [2.24, 2.45) is 5.73 Å². The number of rotatable bonds is 4. The molecule has 1 aromatic rings. The summed E-state index contributed by atoms with van der Waals surface area (Å²) in [5.74, 6) is -0.395. The molecule has 0 atom stereocenters. The maximum Gasteiger partial charge on any atom is 0.271 e. The van der Waals surface area contributed by atoms with Gasteiger partial charge in [-0.3, -0.25) is 14.9 Å². The largest absolute Gasteiger partial charge is 0.393 e. The Morgan fingerprint density at radius 1 is 1.56 bits per heavy atom. The first kappa shape index (κ1) is 12.1. The number of nitro groups is 1. The Bertz CT molecular complexity index is 447. The van der Waals surface area contributed by atoms with Gasteiger partial charge in [0.1, 0.15) is 0 Å². The van der Waals surface area contributed by atoms with Crippen LogP contribution in [0.5, 0.6) is 0 Å². The number of nitrogens with two attached hydrogens (primary N) is 1. The monoisotopic (exact) mass is 239 g/mol. The quantitative estimate of drug-likeness (QED) is 0.467. The van der Waals surface area contributed by atoms with E-state index in [1.165, 1.54) is 18.2 Å². The van der Waals surface area contributed by atoms with Crippen LogP contribution in [0.25, 0.3) is 0 Å². The second-order valence-corrected chi connectivity index (χ2v) is 3.52. The molecule has 0 aliphatic carbocycles. The van der Waals surface area contributed by atoms with Crippen molar-refractivity contribution in [1.29, 1.82) is 0 Å². The fourth-order valence-corrected chi connectivity index (χ4v) is 1.19. The Kier molecular flexibility index (Phi) is 3.90. The highest BCUT2D eigenvalue weighted by Crippen LogP contribution is 2.16. The highest BCUT2D eigenvalue weighted by molar-refractivity contribution is 7.80. The van der Waals surface area contributed by atoms with Crippen LogP contribution in [0.3, 0.4) is 0 Å². The molecule has 84 valence electrons. The molecule has 16 heavy (non-hydrogen) atoms. The predicted octanol–water partition coefficient (Wildman–Crippen LogP) is 1.21. The molecule has 0 radical (unpaired) electrons. The highest BCUT2D eigenvalue weighted by Gasteiger charge is 2.08. The lowest BCUT2D eigenvalue weighted by Crippen LogP contribution is -2.20. The van der Waals surface area contributed by atoms with E-state index in [2.05, 4.69) is 17.5 Å². The summed E-state index contributed by atoms with van der Waals surface area (Å²) >= 11 is 4.56. The summed E-state index contributed by atoms with van der Waals surface area (Å²) in [7, 11) is 0. The van der Waals surface area contributed by atoms with Crippen LogP contribution in [0.1, 0.15) is 6.42 Å². The van der Waals surface area contributed by atoms with Crippen LogP contribution in [0, 0.1) is 10.1 Å². The molecule has 0 unspecified atom stereocenters. The third-order valence-electron chi connectivity index (χ3n) is 1.68. The lowest BCUT2D eigenvalue weighted by Gasteiger charge is -2.03. The summed E-state index contributed by atoms with van der Waals surface area (Å²) in [6.45, 7) is 0. The third-order valence-corrected chi connectivity index (χ3v) is 1.82. The molecule has 6 nitrogen and oxygen atoms in total. The third kappa shape index (κ3) is 3.62. The van der Waals surface area contributed by atoms with Gasteiger partial charge in [0.25, 0.3) is 5.69 Å². The maximum absolute atomic E-state index is 11.3. The van der Waals surface area contributed by atoms with Gasteiger partial charge in [0.05, 0.1) is 16.3 Å². The summed E-state index contributed by atoms with van der Waals surface area (Å²) in [6.07, 6.45) is -0.0853. The van der Waals surface area contributed by atoms with Gasteiger partial charge in [0.2, 0.25) is 5.91 Å². The van der Waals surface area contributed by atoms with Crippen molar-refractivity contribution >= 4 is 34.5 Å². The minimum Gasteiger partial charge on any atom is -0.393 e. The second kappa shape index (κ2) is 5.17. The van der Waals surface area contributed by atoms with E-state index in [9.17, 15) is 14.9 Å². The van der Waals surface area contributed by atoms with Gasteiger partial charge in [0.15, 0.2) is 0 Å². The van der Waals surface area contributed by atoms with E-state index in [-0.39, 0.29) is 17.1 Å². The van der Waals surface area contributed by atoms with Crippen LogP contribution in [0.15, 0.2) is 24.3 Å². The normalized spacial score (nSPS) is 9.50. The number of nitro benzene ring substituents is 1. The Hall–Kier alpha value is -2.02. The first-order valence-electron chi connectivity index (χ1n) is 4.31. The molecule has 1 amide bonds. The predicted molar refractivity (Wildman–Crippen MR) is 63.1 cm³/mol. The molecule has 0 heterocycles. The average Bonchev–Trinajstić information content (AvgIpc) is 2.16. The van der Waals surface area contributed by atoms with Gasteiger partial charge < -0.3 is 11.1 Å². The zero-order valence-electron chi connectivity index (χ0n) is 8.17. The molecule has 7 heteroatoms. The topological polar surface area (TPSA) is 98.3 Å². The molecule has 0 saturated carbocycles. The standard InChI is InChI=1S/C9H9N3O3S/c10-8(16)5-9(13)11-6-2-1-3-7(4-6)12(14)15/h1-4H,5H2,(H2,10,16)(H,11,13). The van der Waals surface area contributed by atoms with E-state index in [4.69, 9.17) is 5.73 Å². The molecule has 0 spiro atoms. The number of benzene rings is 1. The SMILES string of the molecule is NC(=S)CC(=O)Nc1cccc([N+](=O)[O-])c1. The van der Waals surface area contributed by atoms with Gasteiger partial charge in [-0.2, -0.15) is 0 Å². The van der Waals surface area contributed by atoms with Crippen LogP contribution in [0.4, 0.5) is 11.4 Å². The number of non-ortho nitro benzene ring substituents is 1. The van der Waals surface area contributed by atoms with E-state index in [1.54, 1.807) is 6.07 Å². The number of nitrogens with one attached hydrogen (secondary N) is 1. The number of nitrogens with zero attached hydrogens (tertiary/aromatic N) is 1. The number of thiocarbonyl (C=S) groups is 1. The number of carbonyl (C=O) groups excluding carboxylic acids is 1. The molecule has 0 bridgehead atoms. The molecular weight excluding hydrogens is 230 g/mol. The molecule has 0 saturated heterocycles. The van der Waals surface area contributed by atoms with Crippen LogP contribution >= 0.6 is 12.2 Å². The number of carbonyl (C=O) groups is 1. The van der Waals surface area contributed by atoms with Crippen molar-refractivity contribution in [2.45, 2.75) is 6.42 Å². The number of anilines is 1. The van der Waals surface area contributed by atoms with Crippen LogP contribution in [-0.2, 0) is 4.79 Å². The summed E-state index contributed by atoms with van der Waals surface area (Å²) in [6, 6.07) is 5.62. The lowest BCUT2D eigenvalue weighted by molar-refractivity contribution is -0.384. The van der Waals surface area contributed by atoms with Gasteiger partial charge in [-0.1, -0.05) is 18.3 Å². The van der Waals surface area contributed by atoms with Gasteiger partial charge in [-0.15, -0.1) is 0 Å². The Balaban J connectivity index is 2.74. The van der Waals surface area contributed by atoms with E-state index in [1.807, 2.05) is 0 Å². The molecule has 0 fully saturated rings. The van der Waals surface area contributed by atoms with E-state index >= 15 is 0 Å². The zero-order chi connectivity index (χ0) is 12.1. The molecule has 1 rings (SSSR count). The Morgan fingerprint density at radius 2 is 2.25 bits per heavy atom. The maximum atomic E-state index is 11.3. The molecule has 0 aliphatic rings. The van der Waals surface area contributed by atoms with Crippen LogP contribution in [0.2, 0.25) is 0 Å². The molecule has 3 N–H and O–H groups in total. The number of hydrogen-bond acceptors (Lipinski definition) is 4. The van der Waals surface area contributed by atoms with Crippen molar-refractivity contribution in [2.75, 3.05) is 5.32 Å². The minimum atomic E-state index is -0.538. The first-order chi connectivity index (χ1) is 7.49. The Morgan fingerprint density at radius 3 is 2.81 bits per heavy atom. The van der Waals surface area contributed by atoms with Crippen molar-refractivity contribution in [1.82, 2.24) is 0 Å². The Labute approximate surface area is 96.6 Å². The lowest BCUT2D eigenvalue weighted by atomic mass is 10.2. The minimum absolute atomic E-state index is 0.0722. The fraction of sp³-hybridized carbons (Fsp3) is 0.111. The molecule has 0 aromatic heterocycles. The van der Waals surface area contributed by atoms with Gasteiger partial charge in [-0.05, 0) is 6.07 Å². The summed E-state index contributed by atoms with van der Waals surface area (Å²) < 4.78 is 0. The molecule has 0 aliphatic heterocycles.